The molecule has 0 spiro atoms. The molecule has 0 unspecified atom stereocenters. The summed E-state index contributed by atoms with van der Waals surface area (Å²) in [6.45, 7) is 8.82. The summed E-state index contributed by atoms with van der Waals surface area (Å²) in [5, 5.41) is 0. The van der Waals surface area contributed by atoms with Gasteiger partial charge in [-0.05, 0) is 13.8 Å². The molecule has 1 aromatic rings. The number of nitrogens with zero attached hydrogens (tertiary/aromatic N) is 2. The van der Waals surface area contributed by atoms with Crippen LogP contribution in [0.2, 0.25) is 0 Å². The Kier molecular flexibility index (Phi) is 3.96. The minimum Gasteiger partial charge on any atom is -0.342 e. The van der Waals surface area contributed by atoms with Gasteiger partial charge >= 0.3 is 0 Å². The summed E-state index contributed by atoms with van der Waals surface area (Å²) < 4.78 is 9.78. The first-order valence-corrected chi connectivity index (χ1v) is 4.98. The van der Waals surface area contributed by atoms with Crippen molar-refractivity contribution in [3.8, 4) is 0 Å². The Labute approximate surface area is 79.9 Å². The number of aromatic nitrogens is 2. The average Bonchev–Trinajstić information content (AvgIpc) is 2.56. The highest BCUT2D eigenvalue weighted by Gasteiger charge is 2.12. The van der Waals surface area contributed by atoms with Crippen LogP contribution >= 0.6 is 0 Å². The fourth-order valence-electron chi connectivity index (χ4n) is 1.50. The Bertz CT molecular complexity index is 255. The lowest BCUT2D eigenvalue weighted by Gasteiger charge is -2.01. The van der Waals surface area contributed by atoms with Crippen LogP contribution in [-0.2, 0) is 24.4 Å². The molecule has 0 bridgehead atoms. The minimum atomic E-state index is 0.673. The fraction of sp³-hybridized carbons (Fsp3) is 0.700. The predicted octanol–water partition coefficient (Wildman–Crippen LogP) is 1.35. The van der Waals surface area contributed by atoms with Gasteiger partial charge in [0, 0.05) is 13.0 Å². The van der Waals surface area contributed by atoms with Gasteiger partial charge in [0.1, 0.15) is 12.4 Å². The SMILES string of the molecule is CCOC[n+]1ccn(CC)c1CC. The second-order valence-corrected chi connectivity index (χ2v) is 2.95. The number of hydrogen-bond donors (Lipinski definition) is 0. The third-order valence-electron chi connectivity index (χ3n) is 2.18. The van der Waals surface area contributed by atoms with Crippen molar-refractivity contribution in [2.75, 3.05) is 6.61 Å². The van der Waals surface area contributed by atoms with Crippen molar-refractivity contribution in [3.63, 3.8) is 0 Å². The zero-order valence-electron chi connectivity index (χ0n) is 8.79. The van der Waals surface area contributed by atoms with Crippen LogP contribution in [0.4, 0.5) is 0 Å². The Morgan fingerprint density at radius 3 is 2.69 bits per heavy atom. The van der Waals surface area contributed by atoms with Crippen molar-refractivity contribution in [2.45, 2.75) is 40.5 Å². The van der Waals surface area contributed by atoms with Gasteiger partial charge < -0.3 is 4.74 Å². The number of rotatable bonds is 5. The van der Waals surface area contributed by atoms with E-state index in [1.165, 1.54) is 5.82 Å². The molecule has 3 heteroatoms. The first kappa shape index (κ1) is 10.3. The van der Waals surface area contributed by atoms with Crippen LogP contribution < -0.4 is 4.57 Å². The quantitative estimate of drug-likeness (QED) is 0.630. The van der Waals surface area contributed by atoms with E-state index in [4.69, 9.17) is 4.74 Å². The molecule has 0 aliphatic carbocycles. The summed E-state index contributed by atoms with van der Waals surface area (Å²) in [5.74, 6) is 1.33. The average molecular weight is 183 g/mol. The van der Waals surface area contributed by atoms with Crippen LogP contribution in [0, 0.1) is 0 Å². The number of imidazole rings is 1. The topological polar surface area (TPSA) is 18.0 Å². The molecule has 1 rings (SSSR count). The lowest BCUT2D eigenvalue weighted by Crippen LogP contribution is -2.38. The third-order valence-corrected chi connectivity index (χ3v) is 2.18. The van der Waals surface area contributed by atoms with Gasteiger partial charge in [0.25, 0.3) is 5.82 Å². The van der Waals surface area contributed by atoms with Gasteiger partial charge in [-0.15, -0.1) is 0 Å². The van der Waals surface area contributed by atoms with E-state index in [9.17, 15) is 0 Å². The highest BCUT2D eigenvalue weighted by Crippen LogP contribution is 1.96. The molecule has 0 N–H and O–H groups in total. The van der Waals surface area contributed by atoms with Crippen molar-refractivity contribution in [1.29, 1.82) is 0 Å². The molecule has 0 radical (unpaired) electrons. The monoisotopic (exact) mass is 183 g/mol. The summed E-state index contributed by atoms with van der Waals surface area (Å²) in [6.07, 6.45) is 5.24. The standard InChI is InChI=1S/C10H19N2O/c1-4-10-11(5-2)7-8-12(10)9-13-6-3/h7-8H,4-6,9H2,1-3H3/q+1. The zero-order valence-corrected chi connectivity index (χ0v) is 8.79. The Morgan fingerprint density at radius 2 is 2.15 bits per heavy atom. The summed E-state index contributed by atoms with van der Waals surface area (Å²) in [4.78, 5) is 0. The number of ether oxygens (including phenoxy) is 1. The Balaban J connectivity index is 2.75. The summed E-state index contributed by atoms with van der Waals surface area (Å²) in [7, 11) is 0. The van der Waals surface area contributed by atoms with Gasteiger partial charge in [0.2, 0.25) is 0 Å². The molecule has 3 nitrogen and oxygen atoms in total. The Morgan fingerprint density at radius 1 is 1.38 bits per heavy atom. The van der Waals surface area contributed by atoms with E-state index in [1.54, 1.807) is 0 Å². The molecule has 0 aromatic carbocycles. The van der Waals surface area contributed by atoms with E-state index in [0.717, 1.165) is 19.6 Å². The molecule has 0 saturated carbocycles. The Hall–Kier alpha value is -0.830. The molecule has 0 aliphatic rings. The van der Waals surface area contributed by atoms with Crippen LogP contribution in [0.3, 0.4) is 0 Å². The van der Waals surface area contributed by atoms with E-state index in [2.05, 4.69) is 35.4 Å². The highest BCUT2D eigenvalue weighted by molar-refractivity contribution is 4.81. The zero-order chi connectivity index (χ0) is 9.68. The van der Waals surface area contributed by atoms with Gasteiger partial charge in [-0.3, -0.25) is 0 Å². The van der Waals surface area contributed by atoms with E-state index in [1.807, 2.05) is 6.92 Å². The van der Waals surface area contributed by atoms with E-state index >= 15 is 0 Å². The van der Waals surface area contributed by atoms with Gasteiger partial charge in [-0.25, -0.2) is 9.13 Å². The van der Waals surface area contributed by atoms with Gasteiger partial charge in [-0.2, -0.15) is 0 Å². The molecule has 1 heterocycles. The van der Waals surface area contributed by atoms with Crippen molar-refractivity contribution in [2.24, 2.45) is 0 Å². The minimum absolute atomic E-state index is 0.673. The summed E-state index contributed by atoms with van der Waals surface area (Å²) in [5.41, 5.74) is 0. The lowest BCUT2D eigenvalue weighted by atomic mass is 10.4. The molecule has 0 saturated heterocycles. The molecule has 0 aliphatic heterocycles. The second-order valence-electron chi connectivity index (χ2n) is 2.95. The van der Waals surface area contributed by atoms with Crippen LogP contribution in [0.1, 0.15) is 26.6 Å². The molecule has 0 amide bonds. The maximum atomic E-state index is 5.37. The fourth-order valence-corrected chi connectivity index (χ4v) is 1.50. The van der Waals surface area contributed by atoms with Crippen LogP contribution in [0.25, 0.3) is 0 Å². The van der Waals surface area contributed by atoms with Crippen molar-refractivity contribution < 1.29 is 9.30 Å². The summed E-state index contributed by atoms with van der Waals surface area (Å²) >= 11 is 0. The summed E-state index contributed by atoms with van der Waals surface area (Å²) in [6, 6.07) is 0. The van der Waals surface area contributed by atoms with Gasteiger partial charge in [-0.1, -0.05) is 6.92 Å². The molecular formula is C10H19N2O+. The maximum absolute atomic E-state index is 5.37. The van der Waals surface area contributed by atoms with Gasteiger partial charge in [0.05, 0.1) is 6.54 Å². The van der Waals surface area contributed by atoms with E-state index in [0.29, 0.717) is 6.73 Å². The molecule has 0 fully saturated rings. The smallest absolute Gasteiger partial charge is 0.258 e. The van der Waals surface area contributed by atoms with Crippen LogP contribution in [-0.4, -0.2) is 11.2 Å². The van der Waals surface area contributed by atoms with Gasteiger partial charge in [0.15, 0.2) is 6.73 Å². The molecule has 74 valence electrons. The van der Waals surface area contributed by atoms with E-state index in [-0.39, 0.29) is 0 Å². The third kappa shape index (κ3) is 2.31. The largest absolute Gasteiger partial charge is 0.342 e. The van der Waals surface area contributed by atoms with Crippen molar-refractivity contribution >= 4 is 0 Å². The first-order valence-electron chi connectivity index (χ1n) is 4.98. The lowest BCUT2D eigenvalue weighted by molar-refractivity contribution is -0.738. The molecule has 1 aromatic heterocycles. The second kappa shape index (κ2) is 5.02. The van der Waals surface area contributed by atoms with Crippen LogP contribution in [0.5, 0.6) is 0 Å². The molecular weight excluding hydrogens is 164 g/mol. The first-order chi connectivity index (χ1) is 6.33. The van der Waals surface area contributed by atoms with Crippen molar-refractivity contribution in [1.82, 2.24) is 4.57 Å². The normalized spacial score (nSPS) is 10.7. The molecule has 0 atom stereocenters. The highest BCUT2D eigenvalue weighted by atomic mass is 16.5. The predicted molar refractivity (Wildman–Crippen MR) is 51.3 cm³/mol. The number of aryl methyl sites for hydroxylation is 1. The maximum Gasteiger partial charge on any atom is 0.258 e. The number of hydrogen-bond acceptors (Lipinski definition) is 1. The van der Waals surface area contributed by atoms with Crippen LogP contribution in [0.15, 0.2) is 12.4 Å². The van der Waals surface area contributed by atoms with Crippen molar-refractivity contribution in [3.05, 3.63) is 18.2 Å². The van der Waals surface area contributed by atoms with E-state index < -0.39 is 0 Å². The molecule has 13 heavy (non-hydrogen) atoms.